The van der Waals surface area contributed by atoms with Gasteiger partial charge >= 0.3 is 0 Å². The van der Waals surface area contributed by atoms with Gasteiger partial charge in [0.05, 0.1) is 35.6 Å². The highest BCUT2D eigenvalue weighted by Crippen LogP contribution is 2.42. The van der Waals surface area contributed by atoms with Crippen molar-refractivity contribution in [1.29, 1.82) is 0 Å². The summed E-state index contributed by atoms with van der Waals surface area (Å²) in [5.74, 6) is -0.368. The molecular weight excluding hydrogens is 356 g/mol. The number of hydrogen-bond donors (Lipinski definition) is 1. The average Bonchev–Trinajstić information content (AvgIpc) is 3.32. The maximum atomic E-state index is 12.6. The summed E-state index contributed by atoms with van der Waals surface area (Å²) in [5.41, 5.74) is 0.590. The Labute approximate surface area is 153 Å². The number of amides is 2. The van der Waals surface area contributed by atoms with Gasteiger partial charge in [-0.3, -0.25) is 9.59 Å². The van der Waals surface area contributed by atoms with Crippen molar-refractivity contribution in [3.05, 3.63) is 24.3 Å². The van der Waals surface area contributed by atoms with Crippen LogP contribution in [0.3, 0.4) is 0 Å². The minimum absolute atomic E-state index is 0.0144. The van der Waals surface area contributed by atoms with E-state index in [-0.39, 0.29) is 41.2 Å². The van der Waals surface area contributed by atoms with Gasteiger partial charge in [0.25, 0.3) is 0 Å². The van der Waals surface area contributed by atoms with E-state index in [1.807, 2.05) is 19.1 Å². The number of benzene rings is 1. The lowest BCUT2D eigenvalue weighted by Crippen LogP contribution is -2.39. The van der Waals surface area contributed by atoms with Crippen LogP contribution in [0.15, 0.2) is 24.3 Å². The Bertz CT molecular complexity index is 808. The molecule has 0 spiro atoms. The number of carbonyl (C=O) groups is 2. The van der Waals surface area contributed by atoms with Crippen LogP contribution in [-0.4, -0.2) is 56.3 Å². The molecule has 1 heterocycles. The van der Waals surface area contributed by atoms with E-state index in [4.69, 9.17) is 4.74 Å². The van der Waals surface area contributed by atoms with Gasteiger partial charge in [-0.25, -0.2) is 8.42 Å². The Morgan fingerprint density at radius 3 is 2.65 bits per heavy atom. The monoisotopic (exact) mass is 380 g/mol. The van der Waals surface area contributed by atoms with Gasteiger partial charge in [-0.05, 0) is 31.9 Å². The van der Waals surface area contributed by atoms with Gasteiger partial charge in [0, 0.05) is 13.1 Å². The zero-order valence-corrected chi connectivity index (χ0v) is 15.8. The van der Waals surface area contributed by atoms with Gasteiger partial charge in [0.1, 0.15) is 5.75 Å². The van der Waals surface area contributed by atoms with Crippen LogP contribution >= 0.6 is 0 Å². The summed E-state index contributed by atoms with van der Waals surface area (Å²) >= 11 is 0. The molecule has 2 amide bonds. The van der Waals surface area contributed by atoms with Crippen LogP contribution in [0, 0.1) is 11.8 Å². The molecule has 2 fully saturated rings. The molecule has 7 nitrogen and oxygen atoms in total. The Morgan fingerprint density at radius 1 is 1.27 bits per heavy atom. The van der Waals surface area contributed by atoms with Gasteiger partial charge in [0.15, 0.2) is 9.84 Å². The summed E-state index contributed by atoms with van der Waals surface area (Å²) in [5, 5.41) is 2.83. The fourth-order valence-corrected chi connectivity index (χ4v) is 5.13. The SMILES string of the molecule is CCOc1ccccc1NC(=O)C1CC1C(=O)N(C)C1CCS(=O)(=O)C1. The molecule has 3 unspecified atom stereocenters. The highest BCUT2D eigenvalue weighted by atomic mass is 32.2. The van der Waals surface area contributed by atoms with Crippen molar-refractivity contribution in [3.63, 3.8) is 0 Å². The van der Waals surface area contributed by atoms with Crippen LogP contribution in [0.4, 0.5) is 5.69 Å². The van der Waals surface area contributed by atoms with Crippen molar-refractivity contribution in [3.8, 4) is 5.75 Å². The van der Waals surface area contributed by atoms with Crippen LogP contribution in [0.25, 0.3) is 0 Å². The standard InChI is InChI=1S/C18H24N2O5S/c1-3-25-16-7-5-4-6-15(16)19-17(21)13-10-14(13)18(22)20(2)12-8-9-26(23,24)11-12/h4-7,12-14H,3,8-11H2,1-2H3,(H,19,21). The van der Waals surface area contributed by atoms with E-state index in [0.717, 1.165) is 0 Å². The fourth-order valence-electron chi connectivity index (χ4n) is 3.36. The lowest BCUT2D eigenvalue weighted by atomic mass is 10.2. The second-order valence-electron chi connectivity index (χ2n) is 6.87. The average molecular weight is 380 g/mol. The number of para-hydroxylation sites is 2. The lowest BCUT2D eigenvalue weighted by molar-refractivity contribution is -0.134. The van der Waals surface area contributed by atoms with Crippen LogP contribution in [0.2, 0.25) is 0 Å². The van der Waals surface area contributed by atoms with Crippen molar-refractivity contribution in [2.24, 2.45) is 11.8 Å². The Morgan fingerprint density at radius 2 is 2.00 bits per heavy atom. The molecule has 142 valence electrons. The number of ether oxygens (including phenoxy) is 1. The van der Waals surface area contributed by atoms with Crippen LogP contribution < -0.4 is 10.1 Å². The highest BCUT2D eigenvalue weighted by molar-refractivity contribution is 7.91. The molecule has 0 radical (unpaired) electrons. The zero-order chi connectivity index (χ0) is 18.9. The number of hydrogen-bond acceptors (Lipinski definition) is 5. The molecule has 1 aliphatic carbocycles. The second-order valence-corrected chi connectivity index (χ2v) is 9.10. The topological polar surface area (TPSA) is 92.8 Å². The van der Waals surface area contributed by atoms with Crippen LogP contribution in [0.5, 0.6) is 5.75 Å². The molecule has 1 aromatic rings. The third-order valence-electron chi connectivity index (χ3n) is 4.99. The lowest BCUT2D eigenvalue weighted by Gasteiger charge is -2.23. The van der Waals surface area contributed by atoms with Gasteiger partial charge in [-0.2, -0.15) is 0 Å². The molecule has 1 saturated heterocycles. The molecule has 0 aromatic heterocycles. The number of carbonyl (C=O) groups excluding carboxylic acids is 2. The predicted octanol–water partition coefficient (Wildman–Crippen LogP) is 1.31. The van der Waals surface area contributed by atoms with Gasteiger partial charge < -0.3 is 15.0 Å². The van der Waals surface area contributed by atoms with Gasteiger partial charge in [-0.15, -0.1) is 0 Å². The zero-order valence-electron chi connectivity index (χ0n) is 15.0. The molecule has 3 rings (SSSR count). The molecule has 8 heteroatoms. The van der Waals surface area contributed by atoms with E-state index < -0.39 is 9.84 Å². The number of nitrogens with zero attached hydrogens (tertiary/aromatic N) is 1. The normalized spacial score (nSPS) is 26.2. The Balaban J connectivity index is 1.58. The summed E-state index contributed by atoms with van der Waals surface area (Å²) in [6.07, 6.45) is 0.959. The van der Waals surface area contributed by atoms with E-state index in [1.54, 1.807) is 19.2 Å². The van der Waals surface area contributed by atoms with Gasteiger partial charge in [0.2, 0.25) is 11.8 Å². The fraction of sp³-hybridized carbons (Fsp3) is 0.556. The molecule has 1 N–H and O–H groups in total. The summed E-state index contributed by atoms with van der Waals surface area (Å²) in [4.78, 5) is 26.5. The first-order valence-electron chi connectivity index (χ1n) is 8.82. The predicted molar refractivity (Wildman–Crippen MR) is 97.7 cm³/mol. The maximum absolute atomic E-state index is 12.6. The van der Waals surface area contributed by atoms with E-state index in [9.17, 15) is 18.0 Å². The molecule has 3 atom stereocenters. The largest absolute Gasteiger partial charge is 0.492 e. The maximum Gasteiger partial charge on any atom is 0.228 e. The van der Waals surface area contributed by atoms with Crippen molar-refractivity contribution in [1.82, 2.24) is 4.90 Å². The third kappa shape index (κ3) is 4.00. The Hall–Kier alpha value is -2.09. The van der Waals surface area contributed by atoms with E-state index in [1.165, 1.54) is 4.90 Å². The number of rotatable bonds is 6. The minimum Gasteiger partial charge on any atom is -0.492 e. The second kappa shape index (κ2) is 7.26. The minimum atomic E-state index is -3.05. The first-order chi connectivity index (χ1) is 12.3. The highest BCUT2D eigenvalue weighted by Gasteiger charge is 2.50. The molecule has 0 bridgehead atoms. The van der Waals surface area contributed by atoms with E-state index >= 15 is 0 Å². The molecule has 2 aliphatic rings. The number of sulfone groups is 1. The van der Waals surface area contributed by atoms with Crippen molar-refractivity contribution < 1.29 is 22.7 Å². The number of anilines is 1. The first kappa shape index (κ1) is 18.7. The molecule has 1 aliphatic heterocycles. The number of nitrogens with one attached hydrogen (secondary N) is 1. The molecule has 26 heavy (non-hydrogen) atoms. The van der Waals surface area contributed by atoms with Crippen molar-refractivity contribution in [2.45, 2.75) is 25.8 Å². The molecular formula is C18H24N2O5S. The third-order valence-corrected chi connectivity index (χ3v) is 6.74. The molecule has 1 aromatic carbocycles. The summed E-state index contributed by atoms with van der Waals surface area (Å²) in [6, 6.07) is 6.90. The van der Waals surface area contributed by atoms with E-state index in [2.05, 4.69) is 5.32 Å². The molecule has 1 saturated carbocycles. The van der Waals surface area contributed by atoms with Crippen LogP contribution in [-0.2, 0) is 19.4 Å². The van der Waals surface area contributed by atoms with Crippen molar-refractivity contribution >= 4 is 27.3 Å². The quantitative estimate of drug-likeness (QED) is 0.803. The van der Waals surface area contributed by atoms with Crippen molar-refractivity contribution in [2.75, 3.05) is 30.5 Å². The van der Waals surface area contributed by atoms with Crippen LogP contribution in [0.1, 0.15) is 19.8 Å². The Kier molecular flexibility index (Phi) is 5.22. The first-order valence-corrected chi connectivity index (χ1v) is 10.6. The van der Waals surface area contributed by atoms with E-state index in [0.29, 0.717) is 30.9 Å². The summed E-state index contributed by atoms with van der Waals surface area (Å²) in [6.45, 7) is 2.36. The summed E-state index contributed by atoms with van der Waals surface area (Å²) < 4.78 is 28.7. The summed E-state index contributed by atoms with van der Waals surface area (Å²) in [7, 11) is -1.42. The smallest absolute Gasteiger partial charge is 0.228 e. The van der Waals surface area contributed by atoms with Gasteiger partial charge in [-0.1, -0.05) is 12.1 Å².